The molecule has 0 saturated carbocycles. The lowest BCUT2D eigenvalue weighted by atomic mass is 10.1. The number of carbonyl (C=O) groups excluding carboxylic acids is 1. The van der Waals surface area contributed by atoms with Gasteiger partial charge in [0.05, 0.1) is 13.0 Å². The molecular formula is C17H29N2O2+. The number of aryl methyl sites for hydroxylation is 1. The van der Waals surface area contributed by atoms with E-state index in [0.717, 1.165) is 12.4 Å². The van der Waals surface area contributed by atoms with Gasteiger partial charge in [-0.05, 0) is 19.8 Å². The molecular weight excluding hydrogens is 264 g/mol. The number of H-pyrrole nitrogens is 1. The molecule has 0 aliphatic carbocycles. The van der Waals surface area contributed by atoms with E-state index in [2.05, 4.69) is 29.3 Å². The molecule has 0 bridgehead atoms. The topological polar surface area (TPSA) is 46.0 Å². The van der Waals surface area contributed by atoms with Crippen molar-refractivity contribution >= 4 is 5.97 Å². The highest BCUT2D eigenvalue weighted by Gasteiger charge is 2.11. The van der Waals surface area contributed by atoms with Crippen LogP contribution in [0, 0.1) is 0 Å². The van der Waals surface area contributed by atoms with Crippen molar-refractivity contribution < 1.29 is 14.1 Å². The average Bonchev–Trinajstić information content (AvgIpc) is 2.90. The van der Waals surface area contributed by atoms with Crippen LogP contribution in [0.3, 0.4) is 0 Å². The maximum atomic E-state index is 11.3. The molecule has 0 saturated heterocycles. The molecule has 0 aliphatic rings. The summed E-state index contributed by atoms with van der Waals surface area (Å²) in [5, 5.41) is 0. The lowest BCUT2D eigenvalue weighted by Crippen LogP contribution is -2.36. The first-order valence-corrected chi connectivity index (χ1v) is 8.03. The number of imidazole rings is 1. The molecule has 0 unspecified atom stereocenters. The molecule has 0 aliphatic heterocycles. The molecule has 0 fully saturated rings. The van der Waals surface area contributed by atoms with Gasteiger partial charge in [-0.1, -0.05) is 39.2 Å². The number of aromatic amines is 1. The van der Waals surface area contributed by atoms with Crippen molar-refractivity contribution in [3.63, 3.8) is 0 Å². The second-order valence-electron chi connectivity index (χ2n) is 5.53. The zero-order chi connectivity index (χ0) is 15.5. The Labute approximate surface area is 128 Å². The first-order chi connectivity index (χ1) is 10.1. The summed E-state index contributed by atoms with van der Waals surface area (Å²) in [4.78, 5) is 14.5. The van der Waals surface area contributed by atoms with Gasteiger partial charge in [0.1, 0.15) is 19.0 Å². The predicted molar refractivity (Wildman–Crippen MR) is 83.8 cm³/mol. The molecule has 21 heavy (non-hydrogen) atoms. The van der Waals surface area contributed by atoms with Gasteiger partial charge >= 0.3 is 5.97 Å². The van der Waals surface area contributed by atoms with Gasteiger partial charge in [-0.2, -0.15) is 0 Å². The highest BCUT2D eigenvalue weighted by atomic mass is 16.5. The van der Waals surface area contributed by atoms with Crippen LogP contribution in [0.15, 0.2) is 24.5 Å². The Morgan fingerprint density at radius 3 is 2.71 bits per heavy atom. The molecule has 0 spiro atoms. The van der Waals surface area contributed by atoms with E-state index in [-0.39, 0.29) is 5.97 Å². The summed E-state index contributed by atoms with van der Waals surface area (Å²) in [5.74, 6) is 0.794. The minimum Gasteiger partial charge on any atom is -0.462 e. The third kappa shape index (κ3) is 7.11. The fourth-order valence-electron chi connectivity index (χ4n) is 2.25. The van der Waals surface area contributed by atoms with Crippen LogP contribution in [-0.2, 0) is 22.5 Å². The number of hydrogen-bond donors (Lipinski definition) is 1. The van der Waals surface area contributed by atoms with Gasteiger partial charge in [0, 0.05) is 5.57 Å². The maximum Gasteiger partial charge on any atom is 0.333 e. The van der Waals surface area contributed by atoms with Crippen molar-refractivity contribution in [3.05, 3.63) is 30.4 Å². The Kier molecular flexibility index (Phi) is 8.48. The van der Waals surface area contributed by atoms with Gasteiger partial charge in [0.2, 0.25) is 0 Å². The van der Waals surface area contributed by atoms with Crippen LogP contribution < -0.4 is 4.57 Å². The Morgan fingerprint density at radius 1 is 1.29 bits per heavy atom. The second kappa shape index (κ2) is 10.2. The zero-order valence-electron chi connectivity index (χ0n) is 13.5. The Morgan fingerprint density at radius 2 is 2.00 bits per heavy atom. The van der Waals surface area contributed by atoms with E-state index in [1.165, 1.54) is 38.5 Å². The summed E-state index contributed by atoms with van der Waals surface area (Å²) in [5.41, 5.74) is 0.446. The Hall–Kier alpha value is -1.58. The number of esters is 1. The van der Waals surface area contributed by atoms with Crippen molar-refractivity contribution in [1.82, 2.24) is 4.98 Å². The van der Waals surface area contributed by atoms with Crippen LogP contribution in [-0.4, -0.2) is 17.6 Å². The largest absolute Gasteiger partial charge is 0.462 e. The van der Waals surface area contributed by atoms with Gasteiger partial charge in [-0.3, -0.25) is 0 Å². The summed E-state index contributed by atoms with van der Waals surface area (Å²) in [6.07, 6.45) is 12.5. The van der Waals surface area contributed by atoms with E-state index >= 15 is 0 Å². The minimum atomic E-state index is -0.316. The number of aromatic nitrogens is 2. The van der Waals surface area contributed by atoms with Gasteiger partial charge in [0.15, 0.2) is 0 Å². The van der Waals surface area contributed by atoms with Crippen LogP contribution in [0.5, 0.6) is 0 Å². The van der Waals surface area contributed by atoms with Crippen LogP contribution in [0.2, 0.25) is 0 Å². The van der Waals surface area contributed by atoms with Crippen LogP contribution in [0.4, 0.5) is 0 Å². The van der Waals surface area contributed by atoms with Crippen molar-refractivity contribution in [2.45, 2.75) is 65.3 Å². The number of nitrogens with zero attached hydrogens (tertiary/aromatic N) is 1. The first kappa shape index (κ1) is 17.5. The van der Waals surface area contributed by atoms with E-state index in [9.17, 15) is 4.79 Å². The first-order valence-electron chi connectivity index (χ1n) is 8.03. The molecule has 1 rings (SSSR count). The van der Waals surface area contributed by atoms with Crippen LogP contribution >= 0.6 is 0 Å². The Balaban J connectivity index is 2.23. The van der Waals surface area contributed by atoms with Crippen molar-refractivity contribution in [1.29, 1.82) is 0 Å². The van der Waals surface area contributed by atoms with E-state index < -0.39 is 0 Å². The van der Waals surface area contributed by atoms with E-state index in [4.69, 9.17) is 4.74 Å². The smallest absolute Gasteiger partial charge is 0.333 e. The molecule has 1 heterocycles. The zero-order valence-corrected chi connectivity index (χ0v) is 13.5. The van der Waals surface area contributed by atoms with Crippen molar-refractivity contribution in [3.8, 4) is 0 Å². The molecule has 4 heteroatoms. The van der Waals surface area contributed by atoms with Crippen molar-refractivity contribution in [2.75, 3.05) is 6.61 Å². The SMILES string of the molecule is C=C(C)C(=O)OCCc1[nH]cc[n+]1CCCCCCCC. The fourth-order valence-corrected chi connectivity index (χ4v) is 2.25. The van der Waals surface area contributed by atoms with Gasteiger partial charge < -0.3 is 4.74 Å². The molecule has 118 valence electrons. The lowest BCUT2D eigenvalue weighted by molar-refractivity contribution is -0.703. The summed E-state index contributed by atoms with van der Waals surface area (Å²) < 4.78 is 7.35. The monoisotopic (exact) mass is 293 g/mol. The molecule has 0 atom stereocenters. The average molecular weight is 293 g/mol. The van der Waals surface area contributed by atoms with Crippen LogP contribution in [0.25, 0.3) is 0 Å². The number of rotatable bonds is 11. The molecule has 0 radical (unpaired) electrons. The number of carbonyl (C=O) groups is 1. The highest BCUT2D eigenvalue weighted by molar-refractivity contribution is 5.86. The third-order valence-electron chi connectivity index (χ3n) is 3.52. The maximum absolute atomic E-state index is 11.3. The van der Waals surface area contributed by atoms with Crippen molar-refractivity contribution in [2.24, 2.45) is 0 Å². The van der Waals surface area contributed by atoms with Gasteiger partial charge in [-0.25, -0.2) is 14.3 Å². The van der Waals surface area contributed by atoms with Crippen LogP contribution in [0.1, 0.15) is 58.2 Å². The number of nitrogens with one attached hydrogen (secondary N) is 1. The number of hydrogen-bond acceptors (Lipinski definition) is 2. The summed E-state index contributed by atoms with van der Waals surface area (Å²) in [7, 11) is 0. The molecule has 1 aromatic heterocycles. The lowest BCUT2D eigenvalue weighted by Gasteiger charge is -2.04. The van der Waals surface area contributed by atoms with E-state index in [1.807, 2.05) is 6.20 Å². The summed E-state index contributed by atoms with van der Waals surface area (Å²) in [6, 6.07) is 0. The Bertz CT molecular complexity index is 438. The standard InChI is InChI=1S/C17H28N2O2/c1-4-5-6-7-8-9-12-19-13-11-18-16(19)10-14-21-17(20)15(2)3/h11,13H,2,4-10,12,14H2,1,3H3/p+1. The molecule has 1 N–H and O–H groups in total. The third-order valence-corrected chi connectivity index (χ3v) is 3.52. The molecule has 1 aromatic rings. The van der Waals surface area contributed by atoms with Gasteiger partial charge in [-0.15, -0.1) is 0 Å². The van der Waals surface area contributed by atoms with Gasteiger partial charge in [0.25, 0.3) is 5.82 Å². The normalized spacial score (nSPS) is 10.6. The van der Waals surface area contributed by atoms with E-state index in [0.29, 0.717) is 18.6 Å². The molecule has 0 amide bonds. The minimum absolute atomic E-state index is 0.316. The summed E-state index contributed by atoms with van der Waals surface area (Å²) in [6.45, 7) is 8.89. The molecule has 0 aromatic carbocycles. The fraction of sp³-hybridized carbons (Fsp3) is 0.647. The number of unbranched alkanes of at least 4 members (excludes halogenated alkanes) is 5. The highest BCUT2D eigenvalue weighted by Crippen LogP contribution is 2.05. The predicted octanol–water partition coefficient (Wildman–Crippen LogP) is 3.32. The number of ether oxygens (including phenoxy) is 1. The molecule has 4 nitrogen and oxygen atoms in total. The summed E-state index contributed by atoms with van der Waals surface area (Å²) >= 11 is 0. The van der Waals surface area contributed by atoms with E-state index in [1.54, 1.807) is 6.92 Å². The second-order valence-corrected chi connectivity index (χ2v) is 5.53. The quantitative estimate of drug-likeness (QED) is 0.294.